The second-order valence-corrected chi connectivity index (χ2v) is 4.06. The zero-order chi connectivity index (χ0) is 10.3. The van der Waals surface area contributed by atoms with Crippen LogP contribution in [0.5, 0.6) is 0 Å². The van der Waals surface area contributed by atoms with Crippen LogP contribution in [0.1, 0.15) is 11.3 Å². The number of fused-ring (bicyclic) bond motifs is 1. The maximum absolute atomic E-state index is 10.6. The molecule has 0 radical (unpaired) electrons. The van der Waals surface area contributed by atoms with E-state index in [-0.39, 0.29) is 0 Å². The van der Waals surface area contributed by atoms with Crippen LogP contribution in [0.2, 0.25) is 0 Å². The van der Waals surface area contributed by atoms with Crippen molar-refractivity contribution in [3.63, 3.8) is 0 Å². The molecule has 2 aromatic rings. The molecule has 0 unspecified atom stereocenters. The van der Waals surface area contributed by atoms with E-state index in [2.05, 4.69) is 26.1 Å². The first-order valence-electron chi connectivity index (χ1n) is 4.11. The molecular formula is C9H8BrN3O. The average Bonchev–Trinajstić information content (AvgIpc) is 2.41. The number of hydrogen-bond acceptors (Lipinski definition) is 3. The molecule has 2 heterocycles. The van der Waals surface area contributed by atoms with Crippen molar-refractivity contribution < 1.29 is 0 Å². The smallest absolute Gasteiger partial charge is 0.204 e. The molecule has 2 aromatic heterocycles. The van der Waals surface area contributed by atoms with Gasteiger partial charge >= 0.3 is 0 Å². The lowest BCUT2D eigenvalue weighted by Crippen LogP contribution is -1.87. The van der Waals surface area contributed by atoms with Crippen LogP contribution in [0.4, 0.5) is 5.82 Å². The SMILES string of the molecule is Cc1nc2c(C)cc(Br)cn2c1N=O. The van der Waals surface area contributed by atoms with Crippen LogP contribution in [-0.4, -0.2) is 9.38 Å². The van der Waals surface area contributed by atoms with Crippen molar-refractivity contribution in [1.82, 2.24) is 9.38 Å². The highest BCUT2D eigenvalue weighted by Gasteiger charge is 2.10. The van der Waals surface area contributed by atoms with E-state index in [9.17, 15) is 4.91 Å². The van der Waals surface area contributed by atoms with Crippen molar-refractivity contribution in [3.8, 4) is 0 Å². The predicted octanol–water partition coefficient (Wildman–Crippen LogP) is 3.11. The van der Waals surface area contributed by atoms with Gasteiger partial charge in [-0.3, -0.25) is 4.40 Å². The summed E-state index contributed by atoms with van der Waals surface area (Å²) in [4.78, 5) is 14.9. The van der Waals surface area contributed by atoms with Crippen molar-refractivity contribution in [2.24, 2.45) is 5.18 Å². The molecule has 72 valence electrons. The largest absolute Gasteiger partial charge is 0.280 e. The summed E-state index contributed by atoms with van der Waals surface area (Å²) in [5.74, 6) is 0.365. The molecule has 0 fully saturated rings. The van der Waals surface area contributed by atoms with Crippen LogP contribution in [0.25, 0.3) is 5.65 Å². The normalized spacial score (nSPS) is 10.8. The fourth-order valence-corrected chi connectivity index (χ4v) is 2.03. The number of imidazole rings is 1. The van der Waals surface area contributed by atoms with Gasteiger partial charge < -0.3 is 0 Å². The van der Waals surface area contributed by atoms with Crippen LogP contribution in [-0.2, 0) is 0 Å². The molecule has 0 aliphatic rings. The quantitative estimate of drug-likeness (QED) is 0.734. The van der Waals surface area contributed by atoms with Crippen molar-refractivity contribution in [2.75, 3.05) is 0 Å². The van der Waals surface area contributed by atoms with Gasteiger partial charge in [-0.1, -0.05) is 0 Å². The molecule has 0 aliphatic carbocycles. The summed E-state index contributed by atoms with van der Waals surface area (Å²) >= 11 is 3.36. The highest BCUT2D eigenvalue weighted by Crippen LogP contribution is 2.24. The number of nitroso groups, excluding NO2 is 1. The Morgan fingerprint density at radius 3 is 2.86 bits per heavy atom. The first kappa shape index (κ1) is 9.33. The van der Waals surface area contributed by atoms with Gasteiger partial charge in [0.05, 0.1) is 5.69 Å². The molecule has 0 saturated carbocycles. The topological polar surface area (TPSA) is 46.7 Å². The minimum absolute atomic E-state index is 0.365. The van der Waals surface area contributed by atoms with Crippen molar-refractivity contribution >= 4 is 27.4 Å². The Morgan fingerprint density at radius 2 is 2.21 bits per heavy atom. The highest BCUT2D eigenvalue weighted by atomic mass is 79.9. The Kier molecular flexibility index (Phi) is 2.11. The number of rotatable bonds is 1. The van der Waals surface area contributed by atoms with Gasteiger partial charge in [-0.25, -0.2) is 4.98 Å². The summed E-state index contributed by atoms with van der Waals surface area (Å²) < 4.78 is 2.60. The molecule has 0 atom stereocenters. The summed E-state index contributed by atoms with van der Waals surface area (Å²) in [6.45, 7) is 3.72. The van der Waals surface area contributed by atoms with Crippen LogP contribution >= 0.6 is 15.9 Å². The summed E-state index contributed by atoms with van der Waals surface area (Å²) in [7, 11) is 0. The van der Waals surface area contributed by atoms with Gasteiger partial charge in [0.25, 0.3) is 0 Å². The Hall–Kier alpha value is -1.23. The van der Waals surface area contributed by atoms with Crippen molar-refractivity contribution in [2.45, 2.75) is 13.8 Å². The lowest BCUT2D eigenvalue weighted by molar-refractivity contribution is 1.13. The fraction of sp³-hybridized carbons (Fsp3) is 0.222. The van der Waals surface area contributed by atoms with E-state index >= 15 is 0 Å². The maximum atomic E-state index is 10.6. The second-order valence-electron chi connectivity index (χ2n) is 3.15. The molecule has 0 saturated heterocycles. The molecule has 0 aromatic carbocycles. The summed E-state index contributed by atoms with van der Waals surface area (Å²) in [6, 6.07) is 1.95. The van der Waals surface area contributed by atoms with Gasteiger partial charge in [-0.2, -0.15) is 0 Å². The average molecular weight is 254 g/mol. The van der Waals surface area contributed by atoms with Gasteiger partial charge in [0.1, 0.15) is 5.65 Å². The van der Waals surface area contributed by atoms with Gasteiger partial charge in [0, 0.05) is 10.7 Å². The maximum Gasteiger partial charge on any atom is 0.204 e. The van der Waals surface area contributed by atoms with Crippen LogP contribution in [0.15, 0.2) is 21.9 Å². The second kappa shape index (κ2) is 3.16. The molecule has 4 nitrogen and oxygen atoms in total. The molecule has 0 aliphatic heterocycles. The van der Waals surface area contributed by atoms with Gasteiger partial charge in [0.2, 0.25) is 5.82 Å². The molecule has 0 amide bonds. The third-order valence-electron chi connectivity index (χ3n) is 2.10. The van der Waals surface area contributed by atoms with E-state index in [4.69, 9.17) is 0 Å². The lowest BCUT2D eigenvalue weighted by atomic mass is 10.3. The van der Waals surface area contributed by atoms with Gasteiger partial charge in [0.15, 0.2) is 0 Å². The Labute approximate surface area is 89.1 Å². The summed E-state index contributed by atoms with van der Waals surface area (Å²) in [6.07, 6.45) is 1.79. The van der Waals surface area contributed by atoms with E-state index < -0.39 is 0 Å². The number of halogens is 1. The monoisotopic (exact) mass is 253 g/mol. The van der Waals surface area contributed by atoms with Crippen molar-refractivity contribution in [3.05, 3.63) is 32.9 Å². The van der Waals surface area contributed by atoms with Crippen LogP contribution in [0, 0.1) is 18.8 Å². The predicted molar refractivity (Wildman–Crippen MR) is 57.8 cm³/mol. The molecule has 0 bridgehead atoms. The van der Waals surface area contributed by atoms with Crippen molar-refractivity contribution in [1.29, 1.82) is 0 Å². The van der Waals surface area contributed by atoms with Crippen LogP contribution in [0.3, 0.4) is 0 Å². The standard InChI is InChI=1S/C9H8BrN3O/c1-5-3-7(10)4-13-8(5)11-6(2)9(13)12-14/h3-4H,1-2H3. The van der Waals surface area contributed by atoms with Gasteiger partial charge in [-0.15, -0.1) is 4.91 Å². The zero-order valence-electron chi connectivity index (χ0n) is 7.78. The number of aromatic nitrogens is 2. The molecule has 5 heteroatoms. The first-order valence-corrected chi connectivity index (χ1v) is 4.91. The number of hydrogen-bond donors (Lipinski definition) is 0. The minimum atomic E-state index is 0.365. The third-order valence-corrected chi connectivity index (χ3v) is 2.53. The fourth-order valence-electron chi connectivity index (χ4n) is 1.48. The summed E-state index contributed by atoms with van der Waals surface area (Å²) in [5, 5.41) is 2.97. The van der Waals surface area contributed by atoms with E-state index in [1.165, 1.54) is 0 Å². The molecule has 14 heavy (non-hydrogen) atoms. The first-order chi connectivity index (χ1) is 6.63. The number of nitrogens with zero attached hydrogens (tertiary/aromatic N) is 3. The third kappa shape index (κ3) is 1.24. The Bertz CT molecular complexity index is 518. The highest BCUT2D eigenvalue weighted by molar-refractivity contribution is 9.10. The molecule has 0 spiro atoms. The molecule has 0 N–H and O–H groups in total. The Morgan fingerprint density at radius 1 is 1.50 bits per heavy atom. The Balaban J connectivity index is 2.94. The van der Waals surface area contributed by atoms with E-state index in [0.717, 1.165) is 15.7 Å². The number of pyridine rings is 1. The lowest BCUT2D eigenvalue weighted by Gasteiger charge is -1.99. The van der Waals surface area contributed by atoms with Crippen LogP contribution < -0.4 is 0 Å². The number of aryl methyl sites for hydroxylation is 2. The van der Waals surface area contributed by atoms with E-state index in [1.54, 1.807) is 17.5 Å². The zero-order valence-corrected chi connectivity index (χ0v) is 9.37. The van der Waals surface area contributed by atoms with E-state index in [0.29, 0.717) is 11.5 Å². The molecule has 2 rings (SSSR count). The van der Waals surface area contributed by atoms with Gasteiger partial charge in [-0.05, 0) is 46.6 Å². The minimum Gasteiger partial charge on any atom is -0.280 e. The van der Waals surface area contributed by atoms with E-state index in [1.807, 2.05) is 13.0 Å². The molecular weight excluding hydrogens is 246 g/mol. The summed E-state index contributed by atoms with van der Waals surface area (Å²) in [5.41, 5.74) is 2.44.